The van der Waals surface area contributed by atoms with Crippen LogP contribution in [-0.2, 0) is 11.3 Å². The molecule has 1 N–H and O–H groups in total. The van der Waals surface area contributed by atoms with Gasteiger partial charge >= 0.3 is 0 Å². The van der Waals surface area contributed by atoms with Gasteiger partial charge in [0.05, 0.1) is 24.3 Å². The summed E-state index contributed by atoms with van der Waals surface area (Å²) in [7, 11) is 0. The van der Waals surface area contributed by atoms with Crippen molar-refractivity contribution in [2.45, 2.75) is 52.1 Å². The summed E-state index contributed by atoms with van der Waals surface area (Å²) in [5.41, 5.74) is 1.72. The van der Waals surface area contributed by atoms with Gasteiger partial charge in [0.15, 0.2) is 0 Å². The van der Waals surface area contributed by atoms with Crippen LogP contribution in [0.1, 0.15) is 45.1 Å². The molecule has 0 radical (unpaired) electrons. The van der Waals surface area contributed by atoms with Crippen molar-refractivity contribution in [2.24, 2.45) is 5.92 Å². The third-order valence-electron chi connectivity index (χ3n) is 5.52. The number of nitrogens with one attached hydrogen (secondary N) is 1. The van der Waals surface area contributed by atoms with Gasteiger partial charge in [-0.15, -0.1) is 0 Å². The number of carbonyl (C=O) groups is 1. The second-order valence-corrected chi connectivity index (χ2v) is 7.50. The Labute approximate surface area is 166 Å². The minimum atomic E-state index is -0.120. The molecule has 0 unspecified atom stereocenters. The number of piperidine rings is 1. The van der Waals surface area contributed by atoms with E-state index in [0.29, 0.717) is 13.1 Å². The van der Waals surface area contributed by atoms with Gasteiger partial charge in [-0.05, 0) is 31.2 Å². The number of hydrogen-bond acceptors (Lipinski definition) is 4. The second kappa shape index (κ2) is 9.53. The van der Waals surface area contributed by atoms with Crippen LogP contribution in [0.4, 0.5) is 5.69 Å². The molecular weight excluding hydrogens is 352 g/mol. The van der Waals surface area contributed by atoms with Crippen molar-refractivity contribution in [3.8, 4) is 0 Å². The van der Waals surface area contributed by atoms with E-state index in [0.717, 1.165) is 43.5 Å². The molecule has 2 aromatic rings. The summed E-state index contributed by atoms with van der Waals surface area (Å²) in [6.45, 7) is 6.13. The van der Waals surface area contributed by atoms with Gasteiger partial charge in [0.1, 0.15) is 0 Å². The molecule has 0 bridgehead atoms. The van der Waals surface area contributed by atoms with Crippen molar-refractivity contribution in [1.29, 1.82) is 0 Å². The van der Waals surface area contributed by atoms with Crippen molar-refractivity contribution in [3.05, 3.63) is 58.5 Å². The third kappa shape index (κ3) is 5.00. The van der Waals surface area contributed by atoms with E-state index in [2.05, 4.69) is 29.2 Å². The number of aromatic nitrogens is 2. The van der Waals surface area contributed by atoms with E-state index in [1.807, 2.05) is 30.3 Å². The summed E-state index contributed by atoms with van der Waals surface area (Å²) in [6.07, 6.45) is 5.46. The lowest BCUT2D eigenvalue weighted by Gasteiger charge is -2.34. The smallest absolute Gasteiger partial charge is 0.269 e. The second-order valence-electron chi connectivity index (χ2n) is 7.50. The summed E-state index contributed by atoms with van der Waals surface area (Å²) < 4.78 is 1.47. The van der Waals surface area contributed by atoms with Crippen LogP contribution in [0.5, 0.6) is 0 Å². The lowest BCUT2D eigenvalue weighted by molar-refractivity contribution is -0.126. The number of rotatable bonds is 7. The predicted octanol–water partition coefficient (Wildman–Crippen LogP) is 2.81. The molecule has 1 aliphatic rings. The standard InChI is InChI=1S/C22H30N4O2/c1-3-19(4-2)24-22(28)18-11-8-12-25(16-18)20-13-21(27)26(23-14-20)15-17-9-6-5-7-10-17/h5-7,9-10,13-14,18-19H,3-4,8,11-12,15-16H2,1-2H3,(H,24,28)/t18-/m0/s1. The highest BCUT2D eigenvalue weighted by Gasteiger charge is 2.27. The molecule has 0 aliphatic carbocycles. The highest BCUT2D eigenvalue weighted by Crippen LogP contribution is 2.22. The fraction of sp³-hybridized carbons (Fsp3) is 0.500. The van der Waals surface area contributed by atoms with Crippen molar-refractivity contribution in [1.82, 2.24) is 15.1 Å². The minimum Gasteiger partial charge on any atom is -0.369 e. The van der Waals surface area contributed by atoms with E-state index in [1.54, 1.807) is 12.3 Å². The van der Waals surface area contributed by atoms with Gasteiger partial charge in [-0.2, -0.15) is 5.10 Å². The van der Waals surface area contributed by atoms with Gasteiger partial charge in [0.2, 0.25) is 5.91 Å². The van der Waals surface area contributed by atoms with Crippen LogP contribution >= 0.6 is 0 Å². The number of carbonyl (C=O) groups excluding carboxylic acids is 1. The zero-order valence-corrected chi connectivity index (χ0v) is 16.8. The average molecular weight is 383 g/mol. The Kier molecular flexibility index (Phi) is 6.85. The van der Waals surface area contributed by atoms with Gasteiger partial charge in [0, 0.05) is 25.2 Å². The Balaban J connectivity index is 1.67. The molecule has 1 saturated heterocycles. The van der Waals surface area contributed by atoms with Crippen molar-refractivity contribution in [2.75, 3.05) is 18.0 Å². The summed E-state index contributed by atoms with van der Waals surface area (Å²) in [6, 6.07) is 11.7. The molecule has 1 amide bonds. The number of amides is 1. The van der Waals surface area contributed by atoms with E-state index in [9.17, 15) is 9.59 Å². The Bertz CT molecular complexity index is 830. The lowest BCUT2D eigenvalue weighted by Crippen LogP contribution is -2.46. The molecule has 0 spiro atoms. The van der Waals surface area contributed by atoms with Crippen LogP contribution in [0, 0.1) is 5.92 Å². The van der Waals surface area contributed by atoms with Gasteiger partial charge < -0.3 is 10.2 Å². The van der Waals surface area contributed by atoms with Crippen LogP contribution in [0.3, 0.4) is 0 Å². The largest absolute Gasteiger partial charge is 0.369 e. The zero-order valence-electron chi connectivity index (χ0n) is 16.8. The Morgan fingerprint density at radius 2 is 2.00 bits per heavy atom. The maximum Gasteiger partial charge on any atom is 0.269 e. The summed E-state index contributed by atoms with van der Waals surface area (Å²) in [4.78, 5) is 27.2. The molecule has 6 heteroatoms. The van der Waals surface area contributed by atoms with Crippen molar-refractivity contribution < 1.29 is 4.79 Å². The van der Waals surface area contributed by atoms with Crippen molar-refractivity contribution in [3.63, 3.8) is 0 Å². The molecular formula is C22H30N4O2. The number of anilines is 1. The number of hydrogen-bond donors (Lipinski definition) is 1. The van der Waals surface area contributed by atoms with E-state index >= 15 is 0 Å². The summed E-state index contributed by atoms with van der Waals surface area (Å²) >= 11 is 0. The first-order valence-electron chi connectivity index (χ1n) is 10.3. The first-order valence-corrected chi connectivity index (χ1v) is 10.3. The van der Waals surface area contributed by atoms with Gasteiger partial charge in [-0.3, -0.25) is 9.59 Å². The fourth-order valence-electron chi connectivity index (χ4n) is 3.71. The van der Waals surface area contributed by atoms with Crippen LogP contribution in [0.15, 0.2) is 47.4 Å². The summed E-state index contributed by atoms with van der Waals surface area (Å²) in [5, 5.41) is 7.51. The summed E-state index contributed by atoms with van der Waals surface area (Å²) in [5.74, 6) is 0.0879. The van der Waals surface area contributed by atoms with E-state index < -0.39 is 0 Å². The average Bonchev–Trinajstić information content (AvgIpc) is 2.74. The quantitative estimate of drug-likeness (QED) is 0.800. The molecule has 1 atom stereocenters. The molecule has 1 aromatic heterocycles. The Morgan fingerprint density at radius 1 is 1.25 bits per heavy atom. The number of nitrogens with zero attached hydrogens (tertiary/aromatic N) is 3. The lowest BCUT2D eigenvalue weighted by atomic mass is 9.96. The predicted molar refractivity (Wildman–Crippen MR) is 111 cm³/mol. The zero-order chi connectivity index (χ0) is 19.9. The van der Waals surface area contributed by atoms with Gasteiger partial charge in [-0.1, -0.05) is 44.2 Å². The SMILES string of the molecule is CCC(CC)NC(=O)[C@H]1CCCN(c2cnn(Cc3ccccc3)c(=O)c2)C1. The maximum absolute atomic E-state index is 12.6. The molecule has 2 heterocycles. The first-order chi connectivity index (χ1) is 13.6. The highest BCUT2D eigenvalue weighted by atomic mass is 16.2. The molecule has 6 nitrogen and oxygen atoms in total. The Morgan fingerprint density at radius 3 is 2.68 bits per heavy atom. The highest BCUT2D eigenvalue weighted by molar-refractivity contribution is 5.79. The third-order valence-corrected chi connectivity index (χ3v) is 5.52. The van der Waals surface area contributed by atoms with E-state index in [4.69, 9.17) is 0 Å². The van der Waals surface area contributed by atoms with Crippen LogP contribution in [0.2, 0.25) is 0 Å². The fourth-order valence-corrected chi connectivity index (χ4v) is 3.71. The molecule has 1 aromatic carbocycles. The van der Waals surface area contributed by atoms with Crippen LogP contribution < -0.4 is 15.8 Å². The molecule has 28 heavy (non-hydrogen) atoms. The normalized spacial score (nSPS) is 17.0. The van der Waals surface area contributed by atoms with Crippen LogP contribution in [-0.4, -0.2) is 34.8 Å². The van der Waals surface area contributed by atoms with Gasteiger partial charge in [0.25, 0.3) is 5.56 Å². The minimum absolute atomic E-state index is 0.0406. The molecule has 0 saturated carbocycles. The maximum atomic E-state index is 12.6. The van der Waals surface area contributed by atoms with Gasteiger partial charge in [-0.25, -0.2) is 4.68 Å². The monoisotopic (exact) mass is 382 g/mol. The molecule has 1 aliphatic heterocycles. The Hall–Kier alpha value is -2.63. The molecule has 150 valence electrons. The molecule has 1 fully saturated rings. The topological polar surface area (TPSA) is 67.2 Å². The van der Waals surface area contributed by atoms with Crippen LogP contribution in [0.25, 0.3) is 0 Å². The molecule has 3 rings (SSSR count). The van der Waals surface area contributed by atoms with E-state index in [-0.39, 0.29) is 23.4 Å². The number of benzene rings is 1. The first kappa shape index (κ1) is 20.1. The van der Waals surface area contributed by atoms with Crippen molar-refractivity contribution >= 4 is 11.6 Å². The van der Waals surface area contributed by atoms with E-state index in [1.165, 1.54) is 4.68 Å².